The molecular weight excluding hydrogens is 470 g/mol. The Hall–Kier alpha value is -3.60. The number of carbonyl (C=O) groups is 2. The molecule has 1 fully saturated rings. The molecule has 0 bridgehead atoms. The van der Waals surface area contributed by atoms with Gasteiger partial charge in [0.25, 0.3) is 5.91 Å². The van der Waals surface area contributed by atoms with Crippen LogP contribution in [0.3, 0.4) is 0 Å². The summed E-state index contributed by atoms with van der Waals surface area (Å²) in [5.74, 6) is -0.422. The number of nitrogens with zero attached hydrogens (tertiary/aromatic N) is 2. The number of hydrogen-bond donors (Lipinski definition) is 1. The molecule has 0 aliphatic carbocycles. The quantitative estimate of drug-likeness (QED) is 0.405. The number of rotatable bonds is 5. The Labute approximate surface area is 227 Å². The highest BCUT2D eigenvalue weighted by Gasteiger charge is 2.40. The summed E-state index contributed by atoms with van der Waals surface area (Å²) in [4.78, 5) is 31.8. The Kier molecular flexibility index (Phi) is 7.96. The molecule has 2 amide bonds. The lowest BCUT2D eigenvalue weighted by atomic mass is 9.83. The number of carbonyl (C=O) groups excluding carboxylic acids is 2. The Morgan fingerprint density at radius 2 is 1.66 bits per heavy atom. The third-order valence-electron chi connectivity index (χ3n) is 7.59. The average molecular weight is 512 g/mol. The first-order valence-electron chi connectivity index (χ1n) is 13.5. The van der Waals surface area contributed by atoms with E-state index in [0.717, 1.165) is 40.9 Å². The van der Waals surface area contributed by atoms with Crippen LogP contribution in [0, 0.1) is 19.8 Å². The third-order valence-corrected chi connectivity index (χ3v) is 7.59. The molecule has 5 nitrogen and oxygen atoms in total. The van der Waals surface area contributed by atoms with Crippen LogP contribution in [0.5, 0.6) is 0 Å². The molecule has 0 radical (unpaired) electrons. The van der Waals surface area contributed by atoms with Crippen LogP contribution in [0.4, 0.5) is 11.4 Å². The van der Waals surface area contributed by atoms with Crippen molar-refractivity contribution < 1.29 is 9.59 Å². The summed E-state index contributed by atoms with van der Waals surface area (Å²) in [5.41, 5.74) is 6.80. The van der Waals surface area contributed by atoms with E-state index in [-0.39, 0.29) is 29.2 Å². The number of anilines is 2. The second-order valence-corrected chi connectivity index (χ2v) is 11.8. The first kappa shape index (κ1) is 27.4. The van der Waals surface area contributed by atoms with Gasteiger partial charge in [-0.2, -0.15) is 0 Å². The molecular formula is C33H41N3O2. The van der Waals surface area contributed by atoms with Gasteiger partial charge >= 0.3 is 0 Å². The zero-order valence-electron chi connectivity index (χ0n) is 23.8. The molecule has 38 heavy (non-hydrogen) atoms. The molecule has 0 spiro atoms. The van der Waals surface area contributed by atoms with E-state index in [2.05, 4.69) is 67.4 Å². The SMILES string of the molecule is Cc1ccc(C(=O)N2CCCC(C(=O)Nc3cccc(C(C)(C)C)c3)C2c2ccc(N(C)C)cc2)c(C)c1. The lowest BCUT2D eigenvalue weighted by Gasteiger charge is -2.41. The van der Waals surface area contributed by atoms with E-state index in [0.29, 0.717) is 12.1 Å². The van der Waals surface area contributed by atoms with Crippen molar-refractivity contribution >= 4 is 23.2 Å². The minimum atomic E-state index is -0.359. The summed E-state index contributed by atoms with van der Waals surface area (Å²) in [7, 11) is 4.02. The summed E-state index contributed by atoms with van der Waals surface area (Å²) in [6.07, 6.45) is 1.50. The molecule has 2 unspecified atom stereocenters. The molecule has 1 N–H and O–H groups in total. The molecule has 0 saturated carbocycles. The Bertz CT molecular complexity index is 1300. The second kappa shape index (κ2) is 11.0. The van der Waals surface area contributed by atoms with Crippen molar-refractivity contribution in [2.24, 2.45) is 5.92 Å². The van der Waals surface area contributed by atoms with Crippen LogP contribution < -0.4 is 10.2 Å². The predicted octanol–water partition coefficient (Wildman–Crippen LogP) is 6.90. The molecule has 1 aliphatic heterocycles. The monoisotopic (exact) mass is 511 g/mol. The molecule has 5 heteroatoms. The Morgan fingerprint density at radius 1 is 0.947 bits per heavy atom. The van der Waals surface area contributed by atoms with E-state index in [1.54, 1.807) is 0 Å². The fourth-order valence-electron chi connectivity index (χ4n) is 5.39. The summed E-state index contributed by atoms with van der Waals surface area (Å²) in [6, 6.07) is 21.9. The lowest BCUT2D eigenvalue weighted by Crippen LogP contribution is -2.46. The zero-order chi connectivity index (χ0) is 27.6. The van der Waals surface area contributed by atoms with Crippen molar-refractivity contribution in [2.75, 3.05) is 30.9 Å². The second-order valence-electron chi connectivity index (χ2n) is 11.8. The fourth-order valence-corrected chi connectivity index (χ4v) is 5.39. The first-order chi connectivity index (χ1) is 18.0. The number of aryl methyl sites for hydroxylation is 2. The number of piperidine rings is 1. The molecule has 3 aromatic rings. The smallest absolute Gasteiger partial charge is 0.254 e. The summed E-state index contributed by atoms with van der Waals surface area (Å²) < 4.78 is 0. The molecule has 200 valence electrons. The van der Waals surface area contributed by atoms with Gasteiger partial charge in [-0.05, 0) is 79.1 Å². The number of benzene rings is 3. The van der Waals surface area contributed by atoms with E-state index in [4.69, 9.17) is 0 Å². The Morgan fingerprint density at radius 3 is 2.29 bits per heavy atom. The molecule has 1 aliphatic rings. The van der Waals surface area contributed by atoms with Gasteiger partial charge in [0, 0.05) is 37.6 Å². The maximum Gasteiger partial charge on any atom is 0.254 e. The minimum absolute atomic E-state index is 0.0165. The number of likely N-dealkylation sites (tertiary alicyclic amines) is 1. The fraction of sp³-hybridized carbons (Fsp3) is 0.394. The van der Waals surface area contributed by atoms with Crippen LogP contribution in [0.1, 0.15) is 72.3 Å². The van der Waals surface area contributed by atoms with Gasteiger partial charge in [-0.25, -0.2) is 0 Å². The summed E-state index contributed by atoms with van der Waals surface area (Å²) in [6.45, 7) is 11.1. The van der Waals surface area contributed by atoms with E-state index in [1.165, 1.54) is 5.56 Å². The number of hydrogen-bond acceptors (Lipinski definition) is 3. The van der Waals surface area contributed by atoms with Crippen LogP contribution in [-0.4, -0.2) is 37.4 Å². The van der Waals surface area contributed by atoms with Crippen LogP contribution in [0.15, 0.2) is 66.7 Å². The molecule has 1 saturated heterocycles. The maximum absolute atomic E-state index is 14.0. The van der Waals surface area contributed by atoms with Crippen molar-refractivity contribution in [3.8, 4) is 0 Å². The van der Waals surface area contributed by atoms with Gasteiger partial charge in [-0.3, -0.25) is 9.59 Å². The van der Waals surface area contributed by atoms with Gasteiger partial charge in [-0.1, -0.05) is 62.7 Å². The van der Waals surface area contributed by atoms with E-state index >= 15 is 0 Å². The van der Waals surface area contributed by atoms with Crippen molar-refractivity contribution in [1.82, 2.24) is 4.90 Å². The normalized spacial score (nSPS) is 17.7. The largest absolute Gasteiger partial charge is 0.378 e. The lowest BCUT2D eigenvalue weighted by molar-refractivity contribution is -0.123. The molecule has 1 heterocycles. The van der Waals surface area contributed by atoms with Gasteiger partial charge in [0.05, 0.1) is 12.0 Å². The summed E-state index contributed by atoms with van der Waals surface area (Å²) in [5, 5.41) is 3.19. The van der Waals surface area contributed by atoms with E-state index in [9.17, 15) is 9.59 Å². The molecule has 4 rings (SSSR count). The van der Waals surface area contributed by atoms with Crippen molar-refractivity contribution in [1.29, 1.82) is 0 Å². The van der Waals surface area contributed by atoms with Gasteiger partial charge < -0.3 is 15.1 Å². The summed E-state index contributed by atoms with van der Waals surface area (Å²) >= 11 is 0. The predicted molar refractivity (Wildman–Crippen MR) is 157 cm³/mol. The molecule has 3 aromatic carbocycles. The zero-order valence-corrected chi connectivity index (χ0v) is 23.8. The van der Waals surface area contributed by atoms with Gasteiger partial charge in [0.2, 0.25) is 5.91 Å². The maximum atomic E-state index is 14.0. The van der Waals surface area contributed by atoms with Crippen molar-refractivity contribution in [3.63, 3.8) is 0 Å². The van der Waals surface area contributed by atoms with E-state index < -0.39 is 0 Å². The van der Waals surface area contributed by atoms with Gasteiger partial charge in [0.1, 0.15) is 0 Å². The highest BCUT2D eigenvalue weighted by molar-refractivity contribution is 5.98. The topological polar surface area (TPSA) is 52.7 Å². The average Bonchev–Trinajstić information content (AvgIpc) is 2.87. The minimum Gasteiger partial charge on any atom is -0.378 e. The van der Waals surface area contributed by atoms with Crippen LogP contribution in [-0.2, 0) is 10.2 Å². The van der Waals surface area contributed by atoms with Crippen molar-refractivity contribution in [2.45, 2.75) is 58.9 Å². The third kappa shape index (κ3) is 5.93. The Balaban J connectivity index is 1.70. The number of nitrogens with one attached hydrogen (secondary N) is 1. The van der Waals surface area contributed by atoms with Gasteiger partial charge in [-0.15, -0.1) is 0 Å². The highest BCUT2D eigenvalue weighted by atomic mass is 16.2. The van der Waals surface area contributed by atoms with Gasteiger partial charge in [0.15, 0.2) is 0 Å². The van der Waals surface area contributed by atoms with Crippen LogP contribution in [0.25, 0.3) is 0 Å². The molecule has 2 atom stereocenters. The van der Waals surface area contributed by atoms with Crippen LogP contribution >= 0.6 is 0 Å². The van der Waals surface area contributed by atoms with E-state index in [1.807, 2.05) is 63.2 Å². The van der Waals surface area contributed by atoms with Crippen molar-refractivity contribution in [3.05, 3.63) is 94.5 Å². The standard InChI is InChI=1S/C33H41N3O2/c1-22-13-18-28(23(2)20-22)32(38)36-19-9-12-29(30(36)24-14-16-27(17-15-24)35(6)7)31(37)34-26-11-8-10-25(21-26)33(3,4)5/h8,10-11,13-18,20-21,29-30H,9,12,19H2,1-7H3,(H,34,37). The number of amides is 2. The van der Waals surface area contributed by atoms with Crippen LogP contribution in [0.2, 0.25) is 0 Å². The first-order valence-corrected chi connectivity index (χ1v) is 13.5. The molecule has 0 aromatic heterocycles. The highest BCUT2D eigenvalue weighted by Crippen LogP contribution is 2.39.